The van der Waals surface area contributed by atoms with Crippen molar-refractivity contribution in [1.82, 2.24) is 10.3 Å². The average Bonchev–Trinajstić information content (AvgIpc) is 2.39. The second-order valence-corrected chi connectivity index (χ2v) is 5.81. The van der Waals surface area contributed by atoms with Crippen molar-refractivity contribution in [2.75, 3.05) is 13.1 Å². The third-order valence-corrected chi connectivity index (χ3v) is 4.31. The van der Waals surface area contributed by atoms with Gasteiger partial charge in [-0.1, -0.05) is 20.3 Å². The zero-order chi connectivity index (χ0) is 12.8. The first kappa shape index (κ1) is 13.5. The standard InChI is InChI=1S/C16H26N2/c1-3-17-12-15-5-4-13(2)10-16(15)11-14-6-8-18-9-7-14/h6-9,13,15-17H,3-5,10-12H2,1-2H3. The van der Waals surface area contributed by atoms with Crippen LogP contribution in [0.15, 0.2) is 24.5 Å². The Morgan fingerprint density at radius 3 is 2.72 bits per heavy atom. The van der Waals surface area contributed by atoms with E-state index in [4.69, 9.17) is 0 Å². The van der Waals surface area contributed by atoms with Crippen molar-refractivity contribution >= 4 is 0 Å². The molecule has 0 spiro atoms. The van der Waals surface area contributed by atoms with E-state index in [0.29, 0.717) is 0 Å². The molecule has 1 aromatic heterocycles. The van der Waals surface area contributed by atoms with E-state index in [1.165, 1.54) is 37.8 Å². The summed E-state index contributed by atoms with van der Waals surface area (Å²) in [7, 11) is 0. The maximum Gasteiger partial charge on any atom is 0.0270 e. The average molecular weight is 246 g/mol. The van der Waals surface area contributed by atoms with Gasteiger partial charge in [0, 0.05) is 12.4 Å². The fourth-order valence-corrected chi connectivity index (χ4v) is 3.23. The van der Waals surface area contributed by atoms with Crippen LogP contribution in [-0.2, 0) is 6.42 Å². The molecule has 0 amide bonds. The fraction of sp³-hybridized carbons (Fsp3) is 0.688. The van der Waals surface area contributed by atoms with Crippen molar-refractivity contribution in [3.8, 4) is 0 Å². The van der Waals surface area contributed by atoms with Crippen LogP contribution in [-0.4, -0.2) is 18.1 Å². The highest BCUT2D eigenvalue weighted by atomic mass is 14.8. The Hall–Kier alpha value is -0.890. The minimum atomic E-state index is 0.843. The molecule has 0 aliphatic heterocycles. The molecular formula is C16H26N2. The Balaban J connectivity index is 1.96. The number of pyridine rings is 1. The molecule has 18 heavy (non-hydrogen) atoms. The van der Waals surface area contributed by atoms with E-state index >= 15 is 0 Å². The van der Waals surface area contributed by atoms with Gasteiger partial charge in [0.05, 0.1) is 0 Å². The number of hydrogen-bond donors (Lipinski definition) is 1. The summed E-state index contributed by atoms with van der Waals surface area (Å²) in [6.07, 6.45) is 9.25. The summed E-state index contributed by atoms with van der Waals surface area (Å²) in [6, 6.07) is 4.34. The van der Waals surface area contributed by atoms with Crippen molar-refractivity contribution < 1.29 is 0 Å². The van der Waals surface area contributed by atoms with E-state index in [2.05, 4.69) is 36.3 Å². The summed E-state index contributed by atoms with van der Waals surface area (Å²) in [5, 5.41) is 3.54. The maximum atomic E-state index is 4.11. The van der Waals surface area contributed by atoms with Gasteiger partial charge in [0.1, 0.15) is 0 Å². The molecule has 0 bridgehead atoms. The molecule has 100 valence electrons. The summed E-state index contributed by atoms with van der Waals surface area (Å²) < 4.78 is 0. The minimum Gasteiger partial charge on any atom is -0.317 e. The van der Waals surface area contributed by atoms with Crippen LogP contribution in [0.1, 0.15) is 38.7 Å². The summed E-state index contributed by atoms with van der Waals surface area (Å²) in [5.74, 6) is 2.60. The Morgan fingerprint density at radius 1 is 1.22 bits per heavy atom. The molecule has 3 unspecified atom stereocenters. The fourth-order valence-electron chi connectivity index (χ4n) is 3.23. The topological polar surface area (TPSA) is 24.9 Å². The lowest BCUT2D eigenvalue weighted by Crippen LogP contribution is -2.33. The van der Waals surface area contributed by atoms with Crippen LogP contribution in [0.25, 0.3) is 0 Å². The van der Waals surface area contributed by atoms with Gasteiger partial charge in [-0.15, -0.1) is 0 Å². The number of rotatable bonds is 5. The lowest BCUT2D eigenvalue weighted by atomic mass is 9.72. The van der Waals surface area contributed by atoms with Gasteiger partial charge in [-0.3, -0.25) is 4.98 Å². The normalized spacial score (nSPS) is 28.2. The van der Waals surface area contributed by atoms with Crippen LogP contribution in [0, 0.1) is 17.8 Å². The smallest absolute Gasteiger partial charge is 0.0270 e. The Morgan fingerprint density at radius 2 is 2.00 bits per heavy atom. The van der Waals surface area contributed by atoms with Crippen LogP contribution >= 0.6 is 0 Å². The molecule has 1 aliphatic carbocycles. The SMILES string of the molecule is CCNCC1CCC(C)CC1Cc1ccncc1. The van der Waals surface area contributed by atoms with Crippen LogP contribution in [0.4, 0.5) is 0 Å². The molecule has 0 saturated heterocycles. The predicted molar refractivity (Wildman–Crippen MR) is 76.5 cm³/mol. The molecule has 3 atom stereocenters. The van der Waals surface area contributed by atoms with Gasteiger partial charge in [0.15, 0.2) is 0 Å². The van der Waals surface area contributed by atoms with Crippen molar-refractivity contribution in [2.45, 2.75) is 39.5 Å². The molecule has 1 N–H and O–H groups in total. The zero-order valence-corrected chi connectivity index (χ0v) is 11.7. The molecule has 2 rings (SSSR count). The molecule has 2 nitrogen and oxygen atoms in total. The van der Waals surface area contributed by atoms with Gasteiger partial charge < -0.3 is 5.32 Å². The number of nitrogens with one attached hydrogen (secondary N) is 1. The first-order valence-corrected chi connectivity index (χ1v) is 7.39. The maximum absolute atomic E-state index is 4.11. The Bertz CT molecular complexity index is 334. The minimum absolute atomic E-state index is 0.843. The number of hydrogen-bond acceptors (Lipinski definition) is 2. The number of aromatic nitrogens is 1. The van der Waals surface area contributed by atoms with E-state index in [9.17, 15) is 0 Å². The third kappa shape index (κ3) is 3.81. The summed E-state index contributed by atoms with van der Waals surface area (Å²) >= 11 is 0. The molecular weight excluding hydrogens is 220 g/mol. The molecule has 0 radical (unpaired) electrons. The zero-order valence-electron chi connectivity index (χ0n) is 11.7. The van der Waals surface area contributed by atoms with Gasteiger partial charge in [0.2, 0.25) is 0 Å². The highest BCUT2D eigenvalue weighted by Gasteiger charge is 2.28. The van der Waals surface area contributed by atoms with Gasteiger partial charge in [-0.05, 0) is 67.8 Å². The monoisotopic (exact) mass is 246 g/mol. The highest BCUT2D eigenvalue weighted by molar-refractivity contribution is 5.11. The molecule has 1 heterocycles. The largest absolute Gasteiger partial charge is 0.317 e. The van der Waals surface area contributed by atoms with Crippen molar-refractivity contribution in [1.29, 1.82) is 0 Å². The highest BCUT2D eigenvalue weighted by Crippen LogP contribution is 2.35. The number of nitrogens with zero attached hydrogens (tertiary/aromatic N) is 1. The van der Waals surface area contributed by atoms with Gasteiger partial charge in [-0.25, -0.2) is 0 Å². The van der Waals surface area contributed by atoms with Crippen molar-refractivity contribution in [3.63, 3.8) is 0 Å². The van der Waals surface area contributed by atoms with E-state index in [1.54, 1.807) is 0 Å². The molecule has 0 aromatic carbocycles. The van der Waals surface area contributed by atoms with Gasteiger partial charge in [-0.2, -0.15) is 0 Å². The lowest BCUT2D eigenvalue weighted by molar-refractivity contribution is 0.184. The van der Waals surface area contributed by atoms with Crippen LogP contribution in [0.2, 0.25) is 0 Å². The first-order chi connectivity index (χ1) is 8.79. The Kier molecular flexibility index (Phi) is 5.18. The summed E-state index contributed by atoms with van der Waals surface area (Å²) in [5.41, 5.74) is 1.45. The quantitative estimate of drug-likeness (QED) is 0.862. The molecule has 1 aliphatic rings. The summed E-state index contributed by atoms with van der Waals surface area (Å²) in [6.45, 7) is 6.89. The van der Waals surface area contributed by atoms with Crippen LogP contribution in [0.5, 0.6) is 0 Å². The van der Waals surface area contributed by atoms with Gasteiger partial charge >= 0.3 is 0 Å². The van der Waals surface area contributed by atoms with Gasteiger partial charge in [0.25, 0.3) is 0 Å². The second kappa shape index (κ2) is 6.89. The van der Waals surface area contributed by atoms with Crippen molar-refractivity contribution in [3.05, 3.63) is 30.1 Å². The van der Waals surface area contributed by atoms with E-state index in [-0.39, 0.29) is 0 Å². The van der Waals surface area contributed by atoms with Crippen LogP contribution in [0.3, 0.4) is 0 Å². The first-order valence-electron chi connectivity index (χ1n) is 7.39. The predicted octanol–water partition coefficient (Wildman–Crippen LogP) is 3.29. The van der Waals surface area contributed by atoms with Crippen molar-refractivity contribution in [2.24, 2.45) is 17.8 Å². The molecule has 2 heteroatoms. The van der Waals surface area contributed by atoms with E-state index < -0.39 is 0 Å². The molecule has 1 fully saturated rings. The molecule has 1 saturated carbocycles. The molecule has 1 aromatic rings. The Labute approximate surface area is 111 Å². The van der Waals surface area contributed by atoms with Crippen LogP contribution < -0.4 is 5.32 Å². The van der Waals surface area contributed by atoms with E-state index in [1.807, 2.05) is 12.4 Å². The third-order valence-electron chi connectivity index (χ3n) is 4.31. The second-order valence-electron chi connectivity index (χ2n) is 5.81. The summed E-state index contributed by atoms with van der Waals surface area (Å²) in [4.78, 5) is 4.11. The lowest BCUT2D eigenvalue weighted by Gasteiger charge is -2.35. The van der Waals surface area contributed by atoms with E-state index in [0.717, 1.165) is 24.3 Å².